The molecule has 0 amide bonds. The van der Waals surface area contributed by atoms with Gasteiger partial charge in [0.2, 0.25) is 0 Å². The number of nitrogens with zero attached hydrogens (tertiary/aromatic N) is 2. The largest absolute Gasteiger partial charge is 0.476 e. The molecule has 1 aliphatic rings. The molecule has 2 rings (SSSR count). The molecule has 98 valence electrons. The van der Waals surface area contributed by atoms with E-state index in [-0.39, 0.29) is 16.6 Å². The Hall–Kier alpha value is -1.16. The molecule has 0 aliphatic heterocycles. The van der Waals surface area contributed by atoms with E-state index >= 15 is 0 Å². The highest BCUT2D eigenvalue weighted by Crippen LogP contribution is 2.35. The molecule has 0 saturated heterocycles. The third kappa shape index (κ3) is 2.80. The minimum absolute atomic E-state index is 0.0840. The van der Waals surface area contributed by atoms with Gasteiger partial charge in [-0.1, -0.05) is 24.9 Å². The minimum Gasteiger partial charge on any atom is -0.476 e. The predicted octanol–water partition coefficient (Wildman–Crippen LogP) is 3.51. The van der Waals surface area contributed by atoms with Crippen molar-refractivity contribution in [2.75, 3.05) is 0 Å². The summed E-state index contributed by atoms with van der Waals surface area (Å²) in [4.78, 5) is 19.3. The van der Waals surface area contributed by atoms with Gasteiger partial charge in [0, 0.05) is 5.92 Å². The zero-order valence-electron chi connectivity index (χ0n) is 10.4. The van der Waals surface area contributed by atoms with E-state index in [1.807, 2.05) is 0 Å². The minimum atomic E-state index is -1.09. The fourth-order valence-corrected chi connectivity index (χ4v) is 2.73. The van der Waals surface area contributed by atoms with Crippen molar-refractivity contribution in [2.45, 2.75) is 44.9 Å². The molecule has 0 atom stereocenters. The Morgan fingerprint density at radius 3 is 2.67 bits per heavy atom. The molecule has 1 aliphatic carbocycles. The topological polar surface area (TPSA) is 63.1 Å². The second kappa shape index (κ2) is 5.65. The van der Waals surface area contributed by atoms with E-state index in [0.717, 1.165) is 18.8 Å². The van der Waals surface area contributed by atoms with Crippen LogP contribution < -0.4 is 0 Å². The van der Waals surface area contributed by atoms with Gasteiger partial charge in [0.15, 0.2) is 5.69 Å². The van der Waals surface area contributed by atoms with Crippen LogP contribution in [-0.2, 0) is 0 Å². The summed E-state index contributed by atoms with van der Waals surface area (Å²) in [5.74, 6) is 0.618. The lowest BCUT2D eigenvalue weighted by molar-refractivity contribution is 0.0690. The molecular formula is C13H17ClN2O2. The second-order valence-corrected chi connectivity index (χ2v) is 5.26. The van der Waals surface area contributed by atoms with Crippen LogP contribution >= 0.6 is 11.6 Å². The van der Waals surface area contributed by atoms with Crippen LogP contribution in [0.4, 0.5) is 0 Å². The zero-order valence-corrected chi connectivity index (χ0v) is 11.2. The van der Waals surface area contributed by atoms with Crippen molar-refractivity contribution >= 4 is 17.6 Å². The second-order valence-electron chi connectivity index (χ2n) is 4.86. The normalized spacial score (nSPS) is 23.9. The molecule has 4 nitrogen and oxygen atoms in total. The van der Waals surface area contributed by atoms with Crippen molar-refractivity contribution in [2.24, 2.45) is 5.92 Å². The third-order valence-electron chi connectivity index (χ3n) is 3.75. The van der Waals surface area contributed by atoms with Crippen molar-refractivity contribution in [3.8, 4) is 0 Å². The number of rotatable bonds is 3. The quantitative estimate of drug-likeness (QED) is 0.911. The van der Waals surface area contributed by atoms with Crippen LogP contribution in [-0.4, -0.2) is 21.0 Å². The molecule has 0 unspecified atom stereocenters. The molecule has 1 aromatic rings. The Balaban J connectivity index is 2.15. The fourth-order valence-electron chi connectivity index (χ4n) is 2.56. The summed E-state index contributed by atoms with van der Waals surface area (Å²) in [5, 5.41) is 9.10. The van der Waals surface area contributed by atoms with Gasteiger partial charge in [0.25, 0.3) is 0 Å². The van der Waals surface area contributed by atoms with E-state index < -0.39 is 5.97 Å². The lowest BCUT2D eigenvalue weighted by atomic mass is 9.80. The Kier molecular flexibility index (Phi) is 4.17. The number of carboxylic acids is 1. The first-order valence-electron chi connectivity index (χ1n) is 6.37. The highest BCUT2D eigenvalue weighted by Gasteiger charge is 2.24. The Bertz CT molecular complexity index is 443. The van der Waals surface area contributed by atoms with Crippen LogP contribution in [0.5, 0.6) is 0 Å². The Morgan fingerprint density at radius 2 is 2.11 bits per heavy atom. The standard InChI is InChI=1S/C13H17ClN2O2/c1-2-8-3-5-9(6-4-8)12-15-7-10(14)11(16-12)13(17)18/h7-9H,2-6H2,1H3,(H,17,18). The Labute approximate surface area is 111 Å². The molecule has 1 N–H and O–H groups in total. The van der Waals surface area contributed by atoms with Gasteiger partial charge in [-0.15, -0.1) is 0 Å². The first-order valence-corrected chi connectivity index (χ1v) is 6.75. The van der Waals surface area contributed by atoms with E-state index in [9.17, 15) is 4.79 Å². The van der Waals surface area contributed by atoms with E-state index in [1.165, 1.54) is 25.5 Å². The van der Waals surface area contributed by atoms with Crippen LogP contribution in [0.1, 0.15) is 61.3 Å². The van der Waals surface area contributed by atoms with Gasteiger partial charge in [0.1, 0.15) is 5.82 Å². The van der Waals surface area contributed by atoms with Crippen LogP contribution in [0.2, 0.25) is 5.02 Å². The third-order valence-corrected chi connectivity index (χ3v) is 4.03. The van der Waals surface area contributed by atoms with E-state index in [1.54, 1.807) is 0 Å². The SMILES string of the molecule is CCC1CCC(c2ncc(Cl)c(C(=O)O)n2)CC1. The van der Waals surface area contributed by atoms with Crippen LogP contribution in [0.3, 0.4) is 0 Å². The first-order chi connectivity index (χ1) is 8.61. The average molecular weight is 269 g/mol. The number of halogens is 1. The highest BCUT2D eigenvalue weighted by molar-refractivity contribution is 6.33. The number of aromatic nitrogens is 2. The van der Waals surface area contributed by atoms with Gasteiger partial charge in [-0.3, -0.25) is 0 Å². The smallest absolute Gasteiger partial charge is 0.356 e. The predicted molar refractivity (Wildman–Crippen MR) is 69.0 cm³/mol. The van der Waals surface area contributed by atoms with Crippen molar-refractivity contribution in [3.05, 3.63) is 22.7 Å². The van der Waals surface area contributed by atoms with Gasteiger partial charge >= 0.3 is 5.97 Å². The summed E-state index contributed by atoms with van der Waals surface area (Å²) in [6.45, 7) is 2.21. The van der Waals surface area contributed by atoms with Crippen molar-refractivity contribution in [1.82, 2.24) is 9.97 Å². The maximum atomic E-state index is 11.0. The van der Waals surface area contributed by atoms with Crippen molar-refractivity contribution < 1.29 is 9.90 Å². The number of aromatic carboxylic acids is 1. The summed E-state index contributed by atoms with van der Waals surface area (Å²) < 4.78 is 0. The molecule has 18 heavy (non-hydrogen) atoms. The molecule has 0 radical (unpaired) electrons. The molecule has 1 aromatic heterocycles. The molecular weight excluding hydrogens is 252 g/mol. The van der Waals surface area contributed by atoms with E-state index in [4.69, 9.17) is 16.7 Å². The fraction of sp³-hybridized carbons (Fsp3) is 0.615. The molecule has 0 aromatic carbocycles. The summed E-state index contributed by atoms with van der Waals surface area (Å²) in [6, 6.07) is 0. The molecule has 5 heteroatoms. The molecule has 1 fully saturated rings. The molecule has 1 heterocycles. The van der Waals surface area contributed by atoms with Crippen LogP contribution in [0, 0.1) is 5.92 Å². The van der Waals surface area contributed by atoms with Crippen LogP contribution in [0.15, 0.2) is 6.20 Å². The number of hydrogen-bond acceptors (Lipinski definition) is 3. The zero-order chi connectivity index (χ0) is 13.1. The Morgan fingerprint density at radius 1 is 1.44 bits per heavy atom. The summed E-state index contributed by atoms with van der Waals surface area (Å²) >= 11 is 5.77. The van der Waals surface area contributed by atoms with Crippen LogP contribution in [0.25, 0.3) is 0 Å². The molecule has 0 spiro atoms. The summed E-state index contributed by atoms with van der Waals surface area (Å²) in [5.41, 5.74) is -0.0840. The lowest BCUT2D eigenvalue weighted by Crippen LogP contribution is -2.16. The molecule has 0 bridgehead atoms. The number of carbonyl (C=O) groups is 1. The lowest BCUT2D eigenvalue weighted by Gasteiger charge is -2.26. The maximum Gasteiger partial charge on any atom is 0.356 e. The first kappa shape index (κ1) is 13.3. The van der Waals surface area contributed by atoms with Gasteiger partial charge in [-0.2, -0.15) is 0 Å². The number of hydrogen-bond donors (Lipinski definition) is 1. The van der Waals surface area contributed by atoms with Crippen molar-refractivity contribution in [3.63, 3.8) is 0 Å². The number of carboxylic acid groups (broad SMARTS) is 1. The van der Waals surface area contributed by atoms with E-state index in [2.05, 4.69) is 16.9 Å². The van der Waals surface area contributed by atoms with Gasteiger partial charge in [-0.25, -0.2) is 14.8 Å². The van der Waals surface area contributed by atoms with Crippen molar-refractivity contribution in [1.29, 1.82) is 0 Å². The molecule has 1 saturated carbocycles. The summed E-state index contributed by atoms with van der Waals surface area (Å²) in [6.07, 6.45) is 7.05. The van der Waals surface area contributed by atoms with E-state index in [0.29, 0.717) is 5.82 Å². The highest BCUT2D eigenvalue weighted by atomic mass is 35.5. The summed E-state index contributed by atoms with van der Waals surface area (Å²) in [7, 11) is 0. The monoisotopic (exact) mass is 268 g/mol. The van der Waals surface area contributed by atoms with Gasteiger partial charge in [0.05, 0.1) is 11.2 Å². The maximum absolute atomic E-state index is 11.0. The average Bonchev–Trinajstić information content (AvgIpc) is 2.39. The van der Waals surface area contributed by atoms with Gasteiger partial charge in [-0.05, 0) is 31.6 Å². The van der Waals surface area contributed by atoms with Gasteiger partial charge < -0.3 is 5.11 Å².